The van der Waals surface area contributed by atoms with Gasteiger partial charge in [0, 0.05) is 5.56 Å². The number of ether oxygens (including phenoxy) is 2. The number of rotatable bonds is 8. The van der Waals surface area contributed by atoms with Gasteiger partial charge in [-0.05, 0) is 24.1 Å². The summed E-state index contributed by atoms with van der Waals surface area (Å²) in [6.07, 6.45) is 1.47. The fourth-order valence-electron chi connectivity index (χ4n) is 1.34. The molecule has 0 aliphatic carbocycles. The van der Waals surface area contributed by atoms with Crippen molar-refractivity contribution in [1.82, 2.24) is 0 Å². The monoisotopic (exact) mass is 280 g/mol. The fourth-order valence-corrected chi connectivity index (χ4v) is 1.34. The first kappa shape index (κ1) is 15.8. The molecule has 0 aliphatic heterocycles. The Labute approximate surface area is 118 Å². The molecule has 6 heteroatoms. The van der Waals surface area contributed by atoms with Crippen molar-refractivity contribution in [2.75, 3.05) is 20.3 Å². The third kappa shape index (κ3) is 5.60. The molecule has 1 rings (SSSR count). The Hall–Kier alpha value is -2.24. The lowest BCUT2D eigenvalue weighted by Gasteiger charge is -2.12. The van der Waals surface area contributed by atoms with E-state index in [2.05, 4.69) is 19.0 Å². The molecule has 0 atom stereocenters. The van der Waals surface area contributed by atoms with Gasteiger partial charge >= 0.3 is 0 Å². The van der Waals surface area contributed by atoms with E-state index >= 15 is 0 Å². The average Bonchev–Trinajstić information content (AvgIpc) is 2.41. The number of oxime groups is 1. The summed E-state index contributed by atoms with van der Waals surface area (Å²) < 4.78 is 10.9. The van der Waals surface area contributed by atoms with Crippen LogP contribution >= 0.6 is 0 Å². The first-order valence-electron chi connectivity index (χ1n) is 6.27. The Balaban J connectivity index is 2.68. The summed E-state index contributed by atoms with van der Waals surface area (Å²) in [5, 5.41) is 3.64. The lowest BCUT2D eigenvalue weighted by molar-refractivity contribution is -0.122. The SMILES string of the molecule is COc1cc(/C=N\OCC(N)=O)ccc1OCC(C)C. The summed E-state index contributed by atoms with van der Waals surface area (Å²) in [7, 11) is 1.57. The molecule has 110 valence electrons. The number of nitrogens with zero attached hydrogens (tertiary/aromatic N) is 1. The average molecular weight is 280 g/mol. The van der Waals surface area contributed by atoms with Crippen molar-refractivity contribution in [3.63, 3.8) is 0 Å². The molecular weight excluding hydrogens is 260 g/mol. The first-order chi connectivity index (χ1) is 9.52. The van der Waals surface area contributed by atoms with Crippen molar-refractivity contribution < 1.29 is 19.1 Å². The molecule has 0 aliphatic rings. The summed E-state index contributed by atoms with van der Waals surface area (Å²) in [5.74, 6) is 1.15. The van der Waals surface area contributed by atoms with Gasteiger partial charge < -0.3 is 20.0 Å². The quantitative estimate of drug-likeness (QED) is 0.578. The highest BCUT2D eigenvalue weighted by atomic mass is 16.6. The highest BCUT2D eigenvalue weighted by Gasteiger charge is 2.06. The van der Waals surface area contributed by atoms with Gasteiger partial charge in [0.2, 0.25) is 0 Å². The van der Waals surface area contributed by atoms with Gasteiger partial charge in [0.05, 0.1) is 19.9 Å². The Morgan fingerprint density at radius 2 is 2.15 bits per heavy atom. The van der Waals surface area contributed by atoms with Gasteiger partial charge in [0.25, 0.3) is 5.91 Å². The van der Waals surface area contributed by atoms with Crippen LogP contribution in [0, 0.1) is 5.92 Å². The first-order valence-corrected chi connectivity index (χ1v) is 6.27. The molecule has 0 bridgehead atoms. The smallest absolute Gasteiger partial charge is 0.258 e. The second kappa shape index (κ2) is 8.04. The van der Waals surface area contributed by atoms with Crippen LogP contribution in [0.2, 0.25) is 0 Å². The van der Waals surface area contributed by atoms with Crippen molar-refractivity contribution in [2.24, 2.45) is 16.8 Å². The lowest BCUT2D eigenvalue weighted by atomic mass is 10.2. The number of carbonyl (C=O) groups excluding carboxylic acids is 1. The van der Waals surface area contributed by atoms with E-state index in [1.54, 1.807) is 19.2 Å². The molecule has 0 saturated heterocycles. The summed E-state index contributed by atoms with van der Waals surface area (Å²) in [6, 6.07) is 5.39. The van der Waals surface area contributed by atoms with Gasteiger partial charge in [-0.3, -0.25) is 4.79 Å². The molecule has 0 fully saturated rings. The third-order valence-corrected chi connectivity index (χ3v) is 2.24. The second-order valence-electron chi connectivity index (χ2n) is 4.59. The van der Waals surface area contributed by atoms with E-state index in [0.29, 0.717) is 24.0 Å². The number of benzene rings is 1. The molecule has 1 amide bonds. The molecule has 6 nitrogen and oxygen atoms in total. The minimum absolute atomic E-state index is 0.247. The molecule has 1 aromatic carbocycles. The highest BCUT2D eigenvalue weighted by Crippen LogP contribution is 2.27. The third-order valence-electron chi connectivity index (χ3n) is 2.24. The molecule has 0 unspecified atom stereocenters. The van der Waals surface area contributed by atoms with Crippen molar-refractivity contribution in [3.05, 3.63) is 23.8 Å². The van der Waals surface area contributed by atoms with Crippen LogP contribution in [0.5, 0.6) is 11.5 Å². The molecule has 0 heterocycles. The minimum Gasteiger partial charge on any atom is -0.493 e. The number of primary amides is 1. The maximum Gasteiger partial charge on any atom is 0.258 e. The minimum atomic E-state index is -0.572. The van der Waals surface area contributed by atoms with Crippen LogP contribution in [-0.2, 0) is 9.63 Å². The van der Waals surface area contributed by atoms with Crippen molar-refractivity contribution in [3.8, 4) is 11.5 Å². The molecule has 0 aromatic heterocycles. The van der Waals surface area contributed by atoms with E-state index in [9.17, 15) is 4.79 Å². The van der Waals surface area contributed by atoms with Crippen molar-refractivity contribution >= 4 is 12.1 Å². The van der Waals surface area contributed by atoms with E-state index in [4.69, 9.17) is 20.0 Å². The predicted octanol–water partition coefficient (Wildman–Crippen LogP) is 1.57. The van der Waals surface area contributed by atoms with Gasteiger partial charge in [-0.1, -0.05) is 19.0 Å². The summed E-state index contributed by atoms with van der Waals surface area (Å²) in [5.41, 5.74) is 5.69. The molecule has 1 aromatic rings. The summed E-state index contributed by atoms with van der Waals surface area (Å²) in [4.78, 5) is 15.2. The summed E-state index contributed by atoms with van der Waals surface area (Å²) in [6.45, 7) is 4.52. The maximum atomic E-state index is 10.5. The second-order valence-corrected chi connectivity index (χ2v) is 4.59. The van der Waals surface area contributed by atoms with Gasteiger partial charge in [0.1, 0.15) is 0 Å². The molecule has 0 saturated carbocycles. The van der Waals surface area contributed by atoms with Crippen LogP contribution in [0.4, 0.5) is 0 Å². The van der Waals surface area contributed by atoms with E-state index in [1.807, 2.05) is 6.07 Å². The Kier molecular flexibility index (Phi) is 6.36. The van der Waals surface area contributed by atoms with E-state index in [-0.39, 0.29) is 6.61 Å². The van der Waals surface area contributed by atoms with Crippen LogP contribution in [-0.4, -0.2) is 32.4 Å². The van der Waals surface area contributed by atoms with Gasteiger partial charge in [-0.15, -0.1) is 0 Å². The zero-order chi connectivity index (χ0) is 15.0. The topological polar surface area (TPSA) is 83.1 Å². The van der Waals surface area contributed by atoms with Gasteiger partial charge in [0.15, 0.2) is 18.1 Å². The largest absolute Gasteiger partial charge is 0.493 e. The van der Waals surface area contributed by atoms with E-state index < -0.39 is 5.91 Å². The summed E-state index contributed by atoms with van der Waals surface area (Å²) >= 11 is 0. The Morgan fingerprint density at radius 1 is 1.40 bits per heavy atom. The van der Waals surface area contributed by atoms with Crippen LogP contribution in [0.25, 0.3) is 0 Å². The normalized spacial score (nSPS) is 10.8. The Morgan fingerprint density at radius 3 is 2.75 bits per heavy atom. The fraction of sp³-hybridized carbons (Fsp3) is 0.429. The van der Waals surface area contributed by atoms with E-state index in [1.165, 1.54) is 6.21 Å². The van der Waals surface area contributed by atoms with Crippen LogP contribution in [0.1, 0.15) is 19.4 Å². The number of carbonyl (C=O) groups is 1. The van der Waals surface area contributed by atoms with Gasteiger partial charge in [-0.2, -0.15) is 0 Å². The maximum absolute atomic E-state index is 10.5. The molecule has 2 N–H and O–H groups in total. The standard InChI is InChI=1S/C14H20N2O4/c1-10(2)8-19-12-5-4-11(6-13(12)18-3)7-16-20-9-14(15)17/h4-7,10H,8-9H2,1-3H3,(H2,15,17)/b16-7-. The van der Waals surface area contributed by atoms with Gasteiger partial charge in [-0.25, -0.2) is 0 Å². The molecular formula is C14H20N2O4. The van der Waals surface area contributed by atoms with Crippen molar-refractivity contribution in [2.45, 2.75) is 13.8 Å². The highest BCUT2D eigenvalue weighted by molar-refractivity contribution is 5.80. The van der Waals surface area contributed by atoms with Crippen molar-refractivity contribution in [1.29, 1.82) is 0 Å². The van der Waals surface area contributed by atoms with Crippen LogP contribution in [0.15, 0.2) is 23.4 Å². The zero-order valence-corrected chi connectivity index (χ0v) is 12.0. The number of amides is 1. The zero-order valence-electron chi connectivity index (χ0n) is 12.0. The van der Waals surface area contributed by atoms with Crippen LogP contribution in [0.3, 0.4) is 0 Å². The molecule has 0 spiro atoms. The van der Waals surface area contributed by atoms with E-state index in [0.717, 1.165) is 5.56 Å². The predicted molar refractivity (Wildman–Crippen MR) is 76.1 cm³/mol. The Bertz CT molecular complexity index is 472. The number of hydrogen-bond acceptors (Lipinski definition) is 5. The number of nitrogens with two attached hydrogens (primary N) is 1. The number of hydrogen-bond donors (Lipinski definition) is 1. The number of methoxy groups -OCH3 is 1. The molecule has 20 heavy (non-hydrogen) atoms. The lowest BCUT2D eigenvalue weighted by Crippen LogP contribution is -2.16. The molecule has 0 radical (unpaired) electrons. The van der Waals surface area contributed by atoms with Crippen LogP contribution < -0.4 is 15.2 Å².